The molecular weight excluding hydrogens is 388 g/mol. The quantitative estimate of drug-likeness (QED) is 0.255. The highest BCUT2D eigenvalue weighted by Gasteiger charge is 2.07. The van der Waals surface area contributed by atoms with E-state index in [1.54, 1.807) is 25.3 Å². The Hall–Kier alpha value is -3.01. The second-order valence-electron chi connectivity index (χ2n) is 8.52. The van der Waals surface area contributed by atoms with E-state index in [2.05, 4.69) is 19.1 Å². The second kappa shape index (κ2) is 11.4. The Bertz CT molecular complexity index is 1000. The molecule has 4 nitrogen and oxygen atoms in total. The van der Waals surface area contributed by atoms with Crippen molar-refractivity contribution >= 4 is 5.78 Å². The van der Waals surface area contributed by atoms with Crippen LogP contribution in [0.2, 0.25) is 0 Å². The number of carbonyl (C=O) groups is 1. The maximum Gasteiger partial charge on any atom is 0.159 e. The van der Waals surface area contributed by atoms with Crippen molar-refractivity contribution in [1.82, 2.24) is 0 Å². The fraction of sp³-hybridized carbons (Fsp3) is 0.370. The summed E-state index contributed by atoms with van der Waals surface area (Å²) < 4.78 is 5.49. The lowest BCUT2D eigenvalue weighted by Crippen LogP contribution is -1.96. The van der Waals surface area contributed by atoms with Gasteiger partial charge in [-0.05, 0) is 89.3 Å². The zero-order valence-electron chi connectivity index (χ0n) is 19.3. The Morgan fingerprint density at radius 3 is 2.42 bits per heavy atom. The third-order valence-electron chi connectivity index (χ3n) is 5.16. The van der Waals surface area contributed by atoms with Gasteiger partial charge in [0.25, 0.3) is 0 Å². The van der Waals surface area contributed by atoms with Crippen LogP contribution in [-0.2, 0) is 17.6 Å². The fourth-order valence-electron chi connectivity index (χ4n) is 3.49. The van der Waals surface area contributed by atoms with Crippen molar-refractivity contribution in [2.45, 2.75) is 66.7 Å². The lowest BCUT2D eigenvalue weighted by atomic mass is 10.0. The summed E-state index contributed by atoms with van der Waals surface area (Å²) in [5, 5.41) is 19.8. The standard InChI is InChI=1S/C27H34O4/c1-18(7-6-8-19(2)13-26-14-21(4)17-31-26)11-24(28)12-20(3)9-10-23-16-25(29)15-22(5)27(23)30/h8-9,11,14-17,29-30H,6-7,10,12-13H2,1-5H3/b18-11-,19-8+,20-9+. The first-order valence-electron chi connectivity index (χ1n) is 10.7. The van der Waals surface area contributed by atoms with E-state index >= 15 is 0 Å². The van der Waals surface area contributed by atoms with Crippen molar-refractivity contribution in [3.63, 3.8) is 0 Å². The molecule has 4 heteroatoms. The number of hydrogen-bond donors (Lipinski definition) is 2. The molecule has 0 spiro atoms. The third kappa shape index (κ3) is 8.33. The van der Waals surface area contributed by atoms with Gasteiger partial charge in [0.1, 0.15) is 17.3 Å². The SMILES string of the molecule is C/C(=C/C(=O)C/C(C)=C/Cc1cc(O)cc(C)c1O)CC/C=C(\C)Cc1cc(C)co1. The van der Waals surface area contributed by atoms with Crippen LogP contribution < -0.4 is 0 Å². The number of aryl methyl sites for hydroxylation is 2. The van der Waals surface area contributed by atoms with Crippen LogP contribution in [0.5, 0.6) is 11.5 Å². The lowest BCUT2D eigenvalue weighted by molar-refractivity contribution is -0.114. The Labute approximate surface area is 185 Å². The molecule has 31 heavy (non-hydrogen) atoms. The number of rotatable bonds is 10. The molecule has 1 heterocycles. The zero-order chi connectivity index (χ0) is 23.0. The number of phenols is 2. The molecule has 166 valence electrons. The minimum atomic E-state index is 0.0781. The van der Waals surface area contributed by atoms with E-state index in [-0.39, 0.29) is 17.3 Å². The van der Waals surface area contributed by atoms with Gasteiger partial charge in [-0.2, -0.15) is 0 Å². The van der Waals surface area contributed by atoms with E-state index in [0.717, 1.165) is 41.7 Å². The summed E-state index contributed by atoms with van der Waals surface area (Å²) in [6, 6.07) is 5.14. The van der Waals surface area contributed by atoms with Gasteiger partial charge in [-0.15, -0.1) is 0 Å². The molecule has 2 rings (SSSR count). The molecule has 0 saturated heterocycles. The van der Waals surface area contributed by atoms with Gasteiger partial charge in [-0.3, -0.25) is 4.79 Å². The van der Waals surface area contributed by atoms with Crippen molar-refractivity contribution in [3.8, 4) is 11.5 Å². The summed E-state index contributed by atoms with van der Waals surface area (Å²) in [6.07, 6.45) is 11.0. The molecule has 0 aliphatic heterocycles. The van der Waals surface area contributed by atoms with E-state index in [1.165, 1.54) is 11.6 Å². The molecule has 2 N–H and O–H groups in total. The number of furan rings is 1. The van der Waals surface area contributed by atoms with Crippen molar-refractivity contribution < 1.29 is 19.4 Å². The zero-order valence-corrected chi connectivity index (χ0v) is 19.3. The first-order valence-corrected chi connectivity index (χ1v) is 10.7. The smallest absolute Gasteiger partial charge is 0.159 e. The summed E-state index contributed by atoms with van der Waals surface area (Å²) >= 11 is 0. The minimum Gasteiger partial charge on any atom is -0.508 e. The van der Waals surface area contributed by atoms with Crippen LogP contribution in [0.4, 0.5) is 0 Å². The van der Waals surface area contributed by atoms with E-state index < -0.39 is 0 Å². The maximum atomic E-state index is 12.4. The monoisotopic (exact) mass is 422 g/mol. The van der Waals surface area contributed by atoms with Gasteiger partial charge in [0.2, 0.25) is 0 Å². The number of allylic oxidation sites excluding steroid dienone is 6. The molecule has 0 amide bonds. The van der Waals surface area contributed by atoms with Crippen molar-refractivity contribution in [2.75, 3.05) is 0 Å². The number of ketones is 1. The largest absolute Gasteiger partial charge is 0.508 e. The van der Waals surface area contributed by atoms with Gasteiger partial charge in [0.05, 0.1) is 6.26 Å². The summed E-state index contributed by atoms with van der Waals surface area (Å²) in [7, 11) is 0. The molecule has 0 radical (unpaired) electrons. The van der Waals surface area contributed by atoms with Crippen LogP contribution >= 0.6 is 0 Å². The summed E-state index contributed by atoms with van der Waals surface area (Å²) in [5.74, 6) is 1.38. The molecule has 0 saturated carbocycles. The molecule has 2 aromatic rings. The van der Waals surface area contributed by atoms with Crippen LogP contribution in [-0.4, -0.2) is 16.0 Å². The summed E-state index contributed by atoms with van der Waals surface area (Å²) in [6.45, 7) is 9.77. The summed E-state index contributed by atoms with van der Waals surface area (Å²) in [4.78, 5) is 12.4. The van der Waals surface area contributed by atoms with Crippen molar-refractivity contribution in [1.29, 1.82) is 0 Å². The van der Waals surface area contributed by atoms with E-state index in [1.807, 2.05) is 26.8 Å². The van der Waals surface area contributed by atoms with Crippen molar-refractivity contribution in [2.24, 2.45) is 0 Å². The van der Waals surface area contributed by atoms with E-state index in [0.29, 0.717) is 24.0 Å². The summed E-state index contributed by atoms with van der Waals surface area (Å²) in [5.41, 5.74) is 5.70. The molecule has 1 aromatic heterocycles. The second-order valence-corrected chi connectivity index (χ2v) is 8.52. The van der Waals surface area contributed by atoms with Crippen LogP contribution in [0.15, 0.2) is 63.8 Å². The fourth-order valence-corrected chi connectivity index (χ4v) is 3.49. The molecule has 0 unspecified atom stereocenters. The molecule has 0 bridgehead atoms. The van der Waals surface area contributed by atoms with Gasteiger partial charge in [0.15, 0.2) is 5.78 Å². The molecular formula is C27H34O4. The van der Waals surface area contributed by atoms with Gasteiger partial charge >= 0.3 is 0 Å². The van der Waals surface area contributed by atoms with Gasteiger partial charge in [-0.25, -0.2) is 0 Å². The first kappa shape index (κ1) is 24.3. The van der Waals surface area contributed by atoms with Crippen LogP contribution in [0.1, 0.15) is 62.5 Å². The lowest BCUT2D eigenvalue weighted by Gasteiger charge is -2.07. The van der Waals surface area contributed by atoms with Gasteiger partial charge in [-0.1, -0.05) is 28.9 Å². The Balaban J connectivity index is 1.83. The topological polar surface area (TPSA) is 70.7 Å². The number of benzene rings is 1. The van der Waals surface area contributed by atoms with Gasteiger partial charge in [0, 0.05) is 18.4 Å². The molecule has 1 aromatic carbocycles. The average molecular weight is 423 g/mol. The van der Waals surface area contributed by atoms with Crippen LogP contribution in [0.25, 0.3) is 0 Å². The van der Waals surface area contributed by atoms with E-state index in [4.69, 9.17) is 4.42 Å². The Morgan fingerprint density at radius 2 is 1.74 bits per heavy atom. The predicted molar refractivity (Wildman–Crippen MR) is 125 cm³/mol. The highest BCUT2D eigenvalue weighted by atomic mass is 16.3. The normalized spacial score (nSPS) is 13.0. The van der Waals surface area contributed by atoms with Gasteiger partial charge < -0.3 is 14.6 Å². The molecule has 0 fully saturated rings. The van der Waals surface area contributed by atoms with Crippen LogP contribution in [0.3, 0.4) is 0 Å². The average Bonchev–Trinajstić information content (AvgIpc) is 3.07. The number of carbonyl (C=O) groups excluding carboxylic acids is 1. The Kier molecular flexibility index (Phi) is 8.92. The van der Waals surface area contributed by atoms with Crippen LogP contribution in [0, 0.1) is 13.8 Å². The highest BCUT2D eigenvalue weighted by Crippen LogP contribution is 2.28. The Morgan fingerprint density at radius 1 is 1.00 bits per heavy atom. The maximum absolute atomic E-state index is 12.4. The molecule has 0 atom stereocenters. The first-order chi connectivity index (χ1) is 14.6. The minimum absolute atomic E-state index is 0.0781. The molecule has 0 aliphatic rings. The van der Waals surface area contributed by atoms with Crippen molar-refractivity contribution in [3.05, 3.63) is 81.9 Å². The number of aromatic hydroxyl groups is 2. The van der Waals surface area contributed by atoms with E-state index in [9.17, 15) is 15.0 Å². The predicted octanol–water partition coefficient (Wildman–Crippen LogP) is 6.67. The highest BCUT2D eigenvalue weighted by molar-refractivity contribution is 5.91. The third-order valence-corrected chi connectivity index (χ3v) is 5.16. The molecule has 0 aliphatic carbocycles. The number of phenolic OH excluding ortho intramolecular Hbond substituents is 2. The number of hydrogen-bond acceptors (Lipinski definition) is 4.